The van der Waals surface area contributed by atoms with Crippen molar-refractivity contribution in [1.29, 1.82) is 0 Å². The summed E-state index contributed by atoms with van der Waals surface area (Å²) >= 11 is 13.5. The van der Waals surface area contributed by atoms with Gasteiger partial charge in [0, 0.05) is 29.7 Å². The summed E-state index contributed by atoms with van der Waals surface area (Å²) in [6.45, 7) is 5.11. The van der Waals surface area contributed by atoms with Crippen LogP contribution in [0.4, 0.5) is 4.39 Å². The fourth-order valence-corrected chi connectivity index (χ4v) is 2.65. The van der Waals surface area contributed by atoms with Gasteiger partial charge in [-0.05, 0) is 26.2 Å². The lowest BCUT2D eigenvalue weighted by Gasteiger charge is -2.24. The second-order valence-corrected chi connectivity index (χ2v) is 7.57. The predicted octanol–water partition coefficient (Wildman–Crippen LogP) is 4.75. The normalized spacial score (nSPS) is 12.3. The van der Waals surface area contributed by atoms with E-state index in [1.807, 2.05) is 0 Å². The van der Waals surface area contributed by atoms with Gasteiger partial charge in [-0.3, -0.25) is 0 Å². The van der Waals surface area contributed by atoms with Gasteiger partial charge in [0.05, 0.1) is 16.1 Å². The Balaban J connectivity index is 2.58. The van der Waals surface area contributed by atoms with E-state index in [1.54, 1.807) is 17.8 Å². The van der Waals surface area contributed by atoms with Gasteiger partial charge < -0.3 is 4.57 Å². The monoisotopic (exact) mass is 334 g/mol. The second kappa shape index (κ2) is 6.12. The molecule has 6 heteroatoms. The van der Waals surface area contributed by atoms with E-state index in [2.05, 4.69) is 29.7 Å². The molecule has 2 nitrogen and oxygen atoms in total. The topological polar surface area (TPSA) is 17.8 Å². The van der Waals surface area contributed by atoms with E-state index in [9.17, 15) is 4.39 Å². The number of nitrogens with zero attached hydrogens (tertiary/aromatic N) is 2. The molecule has 1 aromatic carbocycles. The summed E-state index contributed by atoms with van der Waals surface area (Å²) in [5, 5.41) is 0.123. The molecule has 0 amide bonds. The summed E-state index contributed by atoms with van der Waals surface area (Å²) in [5.74, 6) is 0.920. The van der Waals surface area contributed by atoms with Crippen molar-refractivity contribution in [3.8, 4) is 0 Å². The summed E-state index contributed by atoms with van der Waals surface area (Å²) in [6, 6.07) is 3.03. The fraction of sp³-hybridized carbons (Fsp3) is 0.500. The van der Waals surface area contributed by atoms with Crippen LogP contribution in [0.2, 0.25) is 5.02 Å². The smallest absolute Gasteiger partial charge is 0.144 e. The third-order valence-electron chi connectivity index (χ3n) is 3.28. The van der Waals surface area contributed by atoms with Gasteiger partial charge in [-0.2, -0.15) is 11.8 Å². The van der Waals surface area contributed by atoms with Crippen LogP contribution in [0.25, 0.3) is 11.0 Å². The van der Waals surface area contributed by atoms with Gasteiger partial charge in [0.2, 0.25) is 0 Å². The molecule has 0 spiro atoms. The molecular weight excluding hydrogens is 318 g/mol. The van der Waals surface area contributed by atoms with Gasteiger partial charge >= 0.3 is 0 Å². The number of rotatable bonds is 5. The Morgan fingerprint density at radius 3 is 2.70 bits per heavy atom. The number of alkyl halides is 1. The van der Waals surface area contributed by atoms with Crippen LogP contribution in [-0.4, -0.2) is 26.4 Å². The first-order valence-corrected chi connectivity index (χ1v) is 8.47. The Morgan fingerprint density at radius 2 is 2.10 bits per heavy atom. The Hall–Kier alpha value is -0.450. The highest BCUT2D eigenvalue weighted by Crippen LogP contribution is 2.29. The number of hydrogen-bond donors (Lipinski definition) is 0. The Bertz CT molecular complexity index is 625. The van der Waals surface area contributed by atoms with Gasteiger partial charge in [0.25, 0.3) is 0 Å². The minimum Gasteiger partial charge on any atom is -0.327 e. The first-order chi connectivity index (χ1) is 9.38. The molecule has 0 bridgehead atoms. The van der Waals surface area contributed by atoms with Crippen molar-refractivity contribution in [3.63, 3.8) is 0 Å². The van der Waals surface area contributed by atoms with Crippen molar-refractivity contribution in [3.05, 3.63) is 28.8 Å². The van der Waals surface area contributed by atoms with Crippen LogP contribution in [-0.2, 0) is 13.0 Å². The predicted molar refractivity (Wildman–Crippen MR) is 86.7 cm³/mol. The van der Waals surface area contributed by atoms with E-state index in [0.717, 1.165) is 17.9 Å². The third kappa shape index (κ3) is 3.23. The molecule has 1 heterocycles. The van der Waals surface area contributed by atoms with Crippen LogP contribution >= 0.6 is 35.0 Å². The van der Waals surface area contributed by atoms with E-state index in [4.69, 9.17) is 23.2 Å². The van der Waals surface area contributed by atoms with Crippen LogP contribution in [0, 0.1) is 5.82 Å². The minimum atomic E-state index is -0.439. The molecule has 0 saturated carbocycles. The van der Waals surface area contributed by atoms with Gasteiger partial charge in [0.1, 0.15) is 11.6 Å². The highest BCUT2D eigenvalue weighted by Gasteiger charge is 2.21. The van der Waals surface area contributed by atoms with Crippen molar-refractivity contribution < 1.29 is 4.39 Å². The molecule has 0 unspecified atom stereocenters. The number of halogens is 3. The standard InChI is InChI=1S/C14H17Cl2FN2S/c1-14(2,20-3)8-19-12-6-9(16)10(17)7-11(12)18-13(19)4-5-15/h6-7H,4-5,8H2,1-3H3. The van der Waals surface area contributed by atoms with E-state index in [1.165, 1.54) is 6.07 Å². The molecule has 0 N–H and O–H groups in total. The summed E-state index contributed by atoms with van der Waals surface area (Å²) in [7, 11) is 0. The average Bonchev–Trinajstić information content (AvgIpc) is 2.68. The molecule has 0 aliphatic heterocycles. The highest BCUT2D eigenvalue weighted by atomic mass is 35.5. The lowest BCUT2D eigenvalue weighted by atomic mass is 10.2. The molecule has 0 saturated heterocycles. The number of hydrogen-bond acceptors (Lipinski definition) is 2. The van der Waals surface area contributed by atoms with Gasteiger partial charge in [-0.1, -0.05) is 11.6 Å². The number of aryl methyl sites for hydroxylation is 1. The number of thioether (sulfide) groups is 1. The molecule has 110 valence electrons. The maximum absolute atomic E-state index is 13.6. The molecule has 0 atom stereocenters. The Kier molecular flexibility index (Phi) is 4.88. The number of aromatic nitrogens is 2. The van der Waals surface area contributed by atoms with Gasteiger partial charge in [-0.25, -0.2) is 9.37 Å². The van der Waals surface area contributed by atoms with Gasteiger partial charge in [0.15, 0.2) is 0 Å². The van der Waals surface area contributed by atoms with E-state index in [-0.39, 0.29) is 9.77 Å². The zero-order chi connectivity index (χ0) is 14.9. The number of fused-ring (bicyclic) bond motifs is 1. The molecule has 0 fully saturated rings. The molecule has 2 rings (SSSR count). The van der Waals surface area contributed by atoms with Crippen LogP contribution in [0.1, 0.15) is 19.7 Å². The van der Waals surface area contributed by atoms with Crippen LogP contribution < -0.4 is 0 Å². The number of imidazole rings is 1. The highest BCUT2D eigenvalue weighted by molar-refractivity contribution is 7.99. The quantitative estimate of drug-likeness (QED) is 0.734. The SMILES string of the molecule is CSC(C)(C)Cn1c(CCCl)nc2cc(F)c(Cl)cc21. The summed E-state index contributed by atoms with van der Waals surface area (Å²) in [5.41, 5.74) is 1.49. The first-order valence-electron chi connectivity index (χ1n) is 6.33. The molecule has 0 aliphatic rings. The van der Waals surface area contributed by atoms with Crippen molar-refractivity contribution in [2.75, 3.05) is 12.1 Å². The van der Waals surface area contributed by atoms with E-state index < -0.39 is 5.82 Å². The van der Waals surface area contributed by atoms with E-state index in [0.29, 0.717) is 17.8 Å². The number of benzene rings is 1. The molecule has 1 aromatic heterocycles. The molecule has 0 aliphatic carbocycles. The zero-order valence-electron chi connectivity index (χ0n) is 11.7. The van der Waals surface area contributed by atoms with Crippen molar-refractivity contribution >= 4 is 46.0 Å². The summed E-state index contributed by atoms with van der Waals surface area (Å²) in [6.07, 6.45) is 2.73. The fourth-order valence-electron chi connectivity index (χ4n) is 2.07. The Morgan fingerprint density at radius 1 is 1.40 bits per heavy atom. The van der Waals surface area contributed by atoms with Crippen LogP contribution in [0.3, 0.4) is 0 Å². The van der Waals surface area contributed by atoms with Crippen molar-refractivity contribution in [1.82, 2.24) is 9.55 Å². The summed E-state index contributed by atoms with van der Waals surface area (Å²) in [4.78, 5) is 4.49. The first kappa shape index (κ1) is 15.9. The molecule has 2 aromatic rings. The van der Waals surface area contributed by atoms with Gasteiger partial charge in [-0.15, -0.1) is 11.6 Å². The molecule has 0 radical (unpaired) electrons. The van der Waals surface area contributed by atoms with Crippen molar-refractivity contribution in [2.24, 2.45) is 0 Å². The maximum atomic E-state index is 13.6. The third-order valence-corrected chi connectivity index (χ3v) is 4.99. The van der Waals surface area contributed by atoms with E-state index >= 15 is 0 Å². The molecular formula is C14H17Cl2FN2S. The maximum Gasteiger partial charge on any atom is 0.144 e. The van der Waals surface area contributed by atoms with Crippen LogP contribution in [0.5, 0.6) is 0 Å². The lowest BCUT2D eigenvalue weighted by Crippen LogP contribution is -2.23. The Labute approximate surface area is 132 Å². The van der Waals surface area contributed by atoms with Crippen LogP contribution in [0.15, 0.2) is 12.1 Å². The zero-order valence-corrected chi connectivity index (χ0v) is 14.0. The second-order valence-electron chi connectivity index (χ2n) is 5.27. The minimum absolute atomic E-state index is 0.0511. The van der Waals surface area contributed by atoms with Crippen molar-refractivity contribution in [2.45, 2.75) is 31.6 Å². The largest absolute Gasteiger partial charge is 0.327 e. The summed E-state index contributed by atoms with van der Waals surface area (Å²) < 4.78 is 15.7. The lowest BCUT2D eigenvalue weighted by molar-refractivity contribution is 0.561. The molecule has 20 heavy (non-hydrogen) atoms. The average molecular weight is 335 g/mol.